The Kier molecular flexibility index (Phi) is 4.98. The summed E-state index contributed by atoms with van der Waals surface area (Å²) < 4.78 is 6.04. The van der Waals surface area contributed by atoms with Crippen molar-refractivity contribution in [2.24, 2.45) is 0 Å². The molecule has 1 N–H and O–H groups in total. The molecule has 14 heavy (non-hydrogen) atoms. The summed E-state index contributed by atoms with van der Waals surface area (Å²) in [5.74, 6) is 0. The summed E-state index contributed by atoms with van der Waals surface area (Å²) in [6, 6.07) is 2.36. The molecule has 1 unspecified atom stereocenters. The van der Waals surface area contributed by atoms with Crippen molar-refractivity contribution >= 4 is 15.9 Å². The summed E-state index contributed by atoms with van der Waals surface area (Å²) in [6.45, 7) is 3.72. The fourth-order valence-corrected chi connectivity index (χ4v) is 1.99. The zero-order chi connectivity index (χ0) is 10.4. The highest BCUT2D eigenvalue weighted by molar-refractivity contribution is 9.10. The second-order valence-electron chi connectivity index (χ2n) is 3.21. The highest BCUT2D eigenvalue weighted by atomic mass is 79.9. The lowest BCUT2D eigenvalue weighted by Gasteiger charge is -2.14. The molecule has 3 heteroatoms. The molecule has 0 bridgehead atoms. The molecule has 0 saturated heterocycles. The molecule has 1 heterocycles. The lowest BCUT2D eigenvalue weighted by Crippen LogP contribution is -2.15. The van der Waals surface area contributed by atoms with Crippen molar-refractivity contribution < 1.29 is 4.42 Å². The number of nitrogens with one attached hydrogen (secondary N) is 1. The van der Waals surface area contributed by atoms with Crippen LogP contribution in [0.4, 0.5) is 0 Å². The Morgan fingerprint density at radius 3 is 3.00 bits per heavy atom. The van der Waals surface area contributed by atoms with E-state index in [1.165, 1.54) is 5.56 Å². The topological polar surface area (TPSA) is 25.2 Å². The molecule has 0 spiro atoms. The third-order valence-corrected chi connectivity index (χ3v) is 2.92. The molecule has 0 amide bonds. The van der Waals surface area contributed by atoms with Crippen molar-refractivity contribution in [1.82, 2.24) is 5.32 Å². The van der Waals surface area contributed by atoms with E-state index in [2.05, 4.69) is 27.8 Å². The summed E-state index contributed by atoms with van der Waals surface area (Å²) in [4.78, 5) is 0. The predicted octanol–water partition coefficient (Wildman–Crippen LogP) is 3.66. The quantitative estimate of drug-likeness (QED) is 0.622. The van der Waals surface area contributed by atoms with Crippen LogP contribution in [0.1, 0.15) is 30.9 Å². The van der Waals surface area contributed by atoms with Crippen LogP contribution in [0, 0.1) is 0 Å². The van der Waals surface area contributed by atoms with Gasteiger partial charge >= 0.3 is 0 Å². The van der Waals surface area contributed by atoms with Crippen LogP contribution in [0.3, 0.4) is 0 Å². The fraction of sp³-hybridized carbons (Fsp3) is 0.455. The summed E-state index contributed by atoms with van der Waals surface area (Å²) in [6.07, 6.45) is 6.97. The minimum absolute atomic E-state index is 0.364. The van der Waals surface area contributed by atoms with Gasteiger partial charge in [0.15, 0.2) is 4.67 Å². The predicted molar refractivity (Wildman–Crippen MR) is 62.3 cm³/mol. The van der Waals surface area contributed by atoms with E-state index in [0.717, 1.165) is 23.9 Å². The maximum atomic E-state index is 5.21. The monoisotopic (exact) mass is 257 g/mol. The molecule has 0 aliphatic rings. The van der Waals surface area contributed by atoms with Crippen molar-refractivity contribution in [3.05, 3.63) is 35.2 Å². The molecule has 78 valence electrons. The Hall–Kier alpha value is -0.540. The second kappa shape index (κ2) is 6.04. The minimum atomic E-state index is 0.364. The van der Waals surface area contributed by atoms with Gasteiger partial charge < -0.3 is 9.73 Å². The maximum absolute atomic E-state index is 5.21. The van der Waals surface area contributed by atoms with E-state index in [1.807, 2.05) is 19.2 Å². The molecule has 0 fully saturated rings. The standard InChI is InChI=1S/C11H16BrNO/c1-3-4-5-6-10(13-2)9-7-8-14-11(9)12/h3,7-8,10,13H,1,4-6H2,2H3. The van der Waals surface area contributed by atoms with Crippen LogP contribution in [-0.2, 0) is 0 Å². The molecular weight excluding hydrogens is 242 g/mol. The molecule has 1 rings (SSSR count). The molecule has 0 aliphatic carbocycles. The smallest absolute Gasteiger partial charge is 0.173 e. The molecule has 0 saturated carbocycles. The van der Waals surface area contributed by atoms with Gasteiger partial charge in [-0.1, -0.05) is 6.08 Å². The lowest BCUT2D eigenvalue weighted by atomic mass is 10.0. The van der Waals surface area contributed by atoms with Gasteiger partial charge in [0.2, 0.25) is 0 Å². The van der Waals surface area contributed by atoms with Gasteiger partial charge in [-0.15, -0.1) is 6.58 Å². The van der Waals surface area contributed by atoms with Gasteiger partial charge in [-0.25, -0.2) is 0 Å². The third-order valence-electron chi connectivity index (χ3n) is 2.27. The van der Waals surface area contributed by atoms with Crippen LogP contribution < -0.4 is 5.32 Å². The first kappa shape index (κ1) is 11.5. The van der Waals surface area contributed by atoms with Gasteiger partial charge in [0.05, 0.1) is 6.26 Å². The Balaban J connectivity index is 2.54. The van der Waals surface area contributed by atoms with Crippen molar-refractivity contribution in [2.75, 3.05) is 7.05 Å². The first-order valence-electron chi connectivity index (χ1n) is 4.80. The maximum Gasteiger partial charge on any atom is 0.173 e. The number of unbranched alkanes of at least 4 members (excludes halogenated alkanes) is 1. The zero-order valence-electron chi connectivity index (χ0n) is 8.42. The van der Waals surface area contributed by atoms with Crippen molar-refractivity contribution in [2.45, 2.75) is 25.3 Å². The normalized spacial score (nSPS) is 12.7. The van der Waals surface area contributed by atoms with E-state index >= 15 is 0 Å². The molecule has 2 nitrogen and oxygen atoms in total. The van der Waals surface area contributed by atoms with E-state index in [4.69, 9.17) is 4.42 Å². The van der Waals surface area contributed by atoms with Gasteiger partial charge in [0, 0.05) is 11.6 Å². The second-order valence-corrected chi connectivity index (χ2v) is 3.93. The Labute approximate surface area is 93.5 Å². The lowest BCUT2D eigenvalue weighted by molar-refractivity contribution is 0.497. The van der Waals surface area contributed by atoms with Gasteiger partial charge in [-0.2, -0.15) is 0 Å². The van der Waals surface area contributed by atoms with Crippen LogP contribution >= 0.6 is 15.9 Å². The number of hydrogen-bond donors (Lipinski definition) is 1. The van der Waals surface area contributed by atoms with Crippen LogP contribution in [0.5, 0.6) is 0 Å². The largest absolute Gasteiger partial charge is 0.457 e. The number of allylic oxidation sites excluding steroid dienone is 1. The highest BCUT2D eigenvalue weighted by Crippen LogP contribution is 2.27. The van der Waals surface area contributed by atoms with E-state index in [0.29, 0.717) is 6.04 Å². The van der Waals surface area contributed by atoms with E-state index in [1.54, 1.807) is 6.26 Å². The van der Waals surface area contributed by atoms with Crippen molar-refractivity contribution in [1.29, 1.82) is 0 Å². The van der Waals surface area contributed by atoms with Crippen molar-refractivity contribution in [3.8, 4) is 0 Å². The Bertz CT molecular complexity index is 283. The van der Waals surface area contributed by atoms with Crippen LogP contribution in [0.2, 0.25) is 0 Å². The molecule has 0 aliphatic heterocycles. The molecule has 1 aromatic rings. The molecule has 1 atom stereocenters. The molecule has 0 aromatic carbocycles. The third kappa shape index (κ3) is 3.00. The van der Waals surface area contributed by atoms with Crippen LogP contribution in [0.25, 0.3) is 0 Å². The van der Waals surface area contributed by atoms with Gasteiger partial charge in [0.1, 0.15) is 0 Å². The average molecular weight is 258 g/mol. The summed E-state index contributed by atoms with van der Waals surface area (Å²) >= 11 is 3.39. The van der Waals surface area contributed by atoms with Gasteiger partial charge in [-0.05, 0) is 48.3 Å². The Morgan fingerprint density at radius 1 is 1.71 bits per heavy atom. The fourth-order valence-electron chi connectivity index (χ4n) is 1.48. The minimum Gasteiger partial charge on any atom is -0.457 e. The summed E-state index contributed by atoms with van der Waals surface area (Å²) in [7, 11) is 1.97. The number of hydrogen-bond acceptors (Lipinski definition) is 2. The molecule has 1 aromatic heterocycles. The first-order valence-corrected chi connectivity index (χ1v) is 5.60. The van der Waals surface area contributed by atoms with Gasteiger partial charge in [-0.3, -0.25) is 0 Å². The van der Waals surface area contributed by atoms with E-state index in [-0.39, 0.29) is 0 Å². The highest BCUT2D eigenvalue weighted by Gasteiger charge is 2.13. The SMILES string of the molecule is C=CCCCC(NC)c1ccoc1Br. The van der Waals surface area contributed by atoms with Gasteiger partial charge in [0.25, 0.3) is 0 Å². The average Bonchev–Trinajstić information content (AvgIpc) is 2.60. The number of halogens is 1. The van der Waals surface area contributed by atoms with Crippen molar-refractivity contribution in [3.63, 3.8) is 0 Å². The Morgan fingerprint density at radius 2 is 2.50 bits per heavy atom. The number of rotatable bonds is 6. The molecule has 0 radical (unpaired) electrons. The van der Waals surface area contributed by atoms with E-state index < -0.39 is 0 Å². The van der Waals surface area contributed by atoms with E-state index in [9.17, 15) is 0 Å². The first-order chi connectivity index (χ1) is 6.79. The zero-order valence-corrected chi connectivity index (χ0v) is 10.0. The number of furan rings is 1. The summed E-state index contributed by atoms with van der Waals surface area (Å²) in [5, 5.41) is 3.28. The summed E-state index contributed by atoms with van der Waals surface area (Å²) in [5.41, 5.74) is 1.19. The van der Waals surface area contributed by atoms with Crippen LogP contribution in [-0.4, -0.2) is 7.05 Å². The molecular formula is C11H16BrNO. The van der Waals surface area contributed by atoms with Crippen LogP contribution in [0.15, 0.2) is 34.1 Å².